The Kier molecular flexibility index (Phi) is 5.13. The fourth-order valence-electron chi connectivity index (χ4n) is 2.43. The van der Waals surface area contributed by atoms with Gasteiger partial charge in [-0.25, -0.2) is 14.6 Å². The number of thiazole rings is 1. The molecule has 1 saturated carbocycles. The third kappa shape index (κ3) is 5.09. The Morgan fingerprint density at radius 1 is 1.35 bits per heavy atom. The van der Waals surface area contributed by atoms with Gasteiger partial charge in [-0.1, -0.05) is 0 Å². The van der Waals surface area contributed by atoms with Crippen LogP contribution in [0.4, 0.5) is 4.79 Å². The highest BCUT2D eigenvalue weighted by atomic mass is 32.1. The van der Waals surface area contributed by atoms with Gasteiger partial charge in [-0.2, -0.15) is 0 Å². The summed E-state index contributed by atoms with van der Waals surface area (Å²) in [4.78, 5) is 27.2. The van der Waals surface area contributed by atoms with Crippen molar-refractivity contribution in [2.24, 2.45) is 0 Å². The van der Waals surface area contributed by atoms with Crippen LogP contribution in [-0.2, 0) is 4.74 Å². The molecule has 8 heteroatoms. The van der Waals surface area contributed by atoms with E-state index in [4.69, 9.17) is 14.6 Å². The zero-order chi connectivity index (χ0) is 17.2. The van der Waals surface area contributed by atoms with Gasteiger partial charge in [0.1, 0.15) is 11.7 Å². The van der Waals surface area contributed by atoms with E-state index in [1.165, 1.54) is 0 Å². The van der Waals surface area contributed by atoms with Crippen molar-refractivity contribution in [2.75, 3.05) is 0 Å². The van der Waals surface area contributed by atoms with Gasteiger partial charge in [0.25, 0.3) is 0 Å². The SMILES string of the molecule is Cc1nc(O[C@H]2CC[C@@H](NC(=O)OC(C)(C)C)C2)c(C(=O)O)s1. The molecule has 0 saturated heterocycles. The number of carboxylic acid groups (broad SMARTS) is 1. The number of rotatable bonds is 4. The van der Waals surface area contributed by atoms with Gasteiger partial charge in [0.2, 0.25) is 5.88 Å². The number of aromatic carboxylic acids is 1. The standard InChI is InChI=1S/C15H22N2O5S/c1-8-16-12(11(23-8)13(18)19)21-10-6-5-9(7-10)17-14(20)22-15(2,3)4/h9-10H,5-7H2,1-4H3,(H,17,20)(H,18,19)/t9-,10+/m1/s1. The number of carboxylic acids is 1. The fraction of sp³-hybridized carbons (Fsp3) is 0.667. The third-order valence-corrected chi connectivity index (χ3v) is 4.22. The maximum atomic E-state index is 11.8. The Bertz CT molecular complexity index is 593. The molecule has 1 aromatic rings. The zero-order valence-corrected chi connectivity index (χ0v) is 14.5. The first-order valence-corrected chi connectivity index (χ1v) is 8.32. The van der Waals surface area contributed by atoms with Crippen molar-refractivity contribution in [3.8, 4) is 5.88 Å². The average molecular weight is 342 g/mol. The minimum atomic E-state index is -1.04. The average Bonchev–Trinajstić information content (AvgIpc) is 2.94. The van der Waals surface area contributed by atoms with Crippen molar-refractivity contribution in [3.05, 3.63) is 9.88 Å². The number of ether oxygens (including phenoxy) is 2. The molecule has 0 spiro atoms. The van der Waals surface area contributed by atoms with Gasteiger partial charge in [-0.3, -0.25) is 0 Å². The largest absolute Gasteiger partial charge is 0.477 e. The molecule has 2 atom stereocenters. The summed E-state index contributed by atoms with van der Waals surface area (Å²) in [5, 5.41) is 12.6. The van der Waals surface area contributed by atoms with Crippen molar-refractivity contribution in [2.45, 2.75) is 64.7 Å². The molecule has 7 nitrogen and oxygen atoms in total. The number of nitrogens with zero attached hydrogens (tertiary/aromatic N) is 1. The van der Waals surface area contributed by atoms with Gasteiger partial charge in [0.15, 0.2) is 4.88 Å². The normalized spacial score (nSPS) is 21.0. The smallest absolute Gasteiger partial charge is 0.407 e. The molecule has 0 radical (unpaired) electrons. The minimum absolute atomic E-state index is 0.0390. The molecule has 128 valence electrons. The van der Waals surface area contributed by atoms with E-state index in [9.17, 15) is 9.59 Å². The molecule has 1 heterocycles. The molecule has 1 aromatic heterocycles. The summed E-state index contributed by atoms with van der Waals surface area (Å²) in [6.07, 6.45) is 1.49. The van der Waals surface area contributed by atoms with Crippen LogP contribution in [0, 0.1) is 6.92 Å². The highest BCUT2D eigenvalue weighted by Crippen LogP contribution is 2.30. The van der Waals surface area contributed by atoms with Crippen molar-refractivity contribution in [1.82, 2.24) is 10.3 Å². The summed E-state index contributed by atoms with van der Waals surface area (Å²) in [5.41, 5.74) is -0.535. The molecule has 1 amide bonds. The first-order valence-electron chi connectivity index (χ1n) is 7.51. The highest BCUT2D eigenvalue weighted by Gasteiger charge is 2.30. The Balaban J connectivity index is 1.89. The number of alkyl carbamates (subject to hydrolysis) is 1. The molecule has 23 heavy (non-hydrogen) atoms. The van der Waals surface area contributed by atoms with Crippen LogP contribution in [0.25, 0.3) is 0 Å². The Morgan fingerprint density at radius 3 is 2.65 bits per heavy atom. The summed E-state index contributed by atoms with van der Waals surface area (Å²) in [6, 6.07) is -0.0390. The van der Waals surface area contributed by atoms with E-state index in [-0.39, 0.29) is 22.9 Å². The van der Waals surface area contributed by atoms with E-state index >= 15 is 0 Å². The molecule has 1 fully saturated rings. The first-order chi connectivity index (χ1) is 10.6. The lowest BCUT2D eigenvalue weighted by Crippen LogP contribution is -2.38. The van der Waals surface area contributed by atoms with Crippen molar-refractivity contribution in [1.29, 1.82) is 0 Å². The maximum absolute atomic E-state index is 11.8. The second-order valence-electron chi connectivity index (χ2n) is 6.57. The van der Waals surface area contributed by atoms with E-state index in [1.807, 2.05) is 20.8 Å². The van der Waals surface area contributed by atoms with Gasteiger partial charge in [-0.15, -0.1) is 11.3 Å². The number of aromatic nitrogens is 1. The molecule has 0 unspecified atom stereocenters. The Labute approximate surface area is 139 Å². The van der Waals surface area contributed by atoms with E-state index in [1.54, 1.807) is 6.92 Å². The van der Waals surface area contributed by atoms with Crippen LogP contribution in [0.3, 0.4) is 0 Å². The molecule has 2 N–H and O–H groups in total. The van der Waals surface area contributed by atoms with Gasteiger partial charge in [-0.05, 0) is 40.5 Å². The van der Waals surface area contributed by atoms with Gasteiger partial charge in [0.05, 0.1) is 5.01 Å². The minimum Gasteiger partial charge on any atom is -0.477 e. The van der Waals surface area contributed by atoms with Gasteiger partial charge >= 0.3 is 12.1 Å². The number of hydrogen-bond donors (Lipinski definition) is 2. The number of aryl methyl sites for hydroxylation is 1. The van der Waals surface area contributed by atoms with E-state index in [0.29, 0.717) is 11.4 Å². The van der Waals surface area contributed by atoms with Crippen LogP contribution >= 0.6 is 11.3 Å². The molecular weight excluding hydrogens is 320 g/mol. The van der Waals surface area contributed by atoms with Crippen LogP contribution in [0.2, 0.25) is 0 Å². The number of carbonyl (C=O) groups is 2. The summed E-state index contributed by atoms with van der Waals surface area (Å²) >= 11 is 1.10. The van der Waals surface area contributed by atoms with Crippen LogP contribution < -0.4 is 10.1 Å². The van der Waals surface area contributed by atoms with Crippen molar-refractivity contribution < 1.29 is 24.2 Å². The lowest BCUT2D eigenvalue weighted by atomic mass is 10.2. The van der Waals surface area contributed by atoms with E-state index in [2.05, 4.69) is 10.3 Å². The Hall–Kier alpha value is -1.83. The molecular formula is C15H22N2O5S. The number of hydrogen-bond acceptors (Lipinski definition) is 6. The van der Waals surface area contributed by atoms with Crippen molar-refractivity contribution >= 4 is 23.4 Å². The molecule has 0 aliphatic heterocycles. The molecule has 0 bridgehead atoms. The van der Waals surface area contributed by atoms with E-state index < -0.39 is 17.7 Å². The lowest BCUT2D eigenvalue weighted by Gasteiger charge is -2.21. The van der Waals surface area contributed by atoms with Crippen LogP contribution in [-0.4, -0.2) is 39.9 Å². The van der Waals surface area contributed by atoms with Crippen molar-refractivity contribution in [3.63, 3.8) is 0 Å². The first kappa shape index (κ1) is 17.5. The molecule has 0 aromatic carbocycles. The van der Waals surface area contributed by atoms with Gasteiger partial charge < -0.3 is 19.9 Å². The predicted octanol–water partition coefficient (Wildman–Crippen LogP) is 2.97. The maximum Gasteiger partial charge on any atom is 0.407 e. The monoisotopic (exact) mass is 342 g/mol. The van der Waals surface area contributed by atoms with Crippen LogP contribution in [0.15, 0.2) is 0 Å². The number of amides is 1. The second kappa shape index (κ2) is 6.74. The number of carbonyl (C=O) groups excluding carboxylic acids is 1. The molecule has 2 rings (SSSR count). The second-order valence-corrected chi connectivity index (χ2v) is 7.77. The molecule has 1 aliphatic carbocycles. The van der Waals surface area contributed by atoms with Crippen LogP contribution in [0.5, 0.6) is 5.88 Å². The zero-order valence-electron chi connectivity index (χ0n) is 13.7. The van der Waals surface area contributed by atoms with Crippen LogP contribution in [0.1, 0.15) is 54.7 Å². The Morgan fingerprint density at radius 2 is 2.04 bits per heavy atom. The summed E-state index contributed by atoms with van der Waals surface area (Å²) in [5.74, 6) is -0.866. The predicted molar refractivity (Wildman–Crippen MR) is 85.2 cm³/mol. The van der Waals surface area contributed by atoms with Gasteiger partial charge in [0, 0.05) is 12.5 Å². The third-order valence-electron chi connectivity index (χ3n) is 3.28. The fourth-order valence-corrected chi connectivity index (χ4v) is 3.13. The highest BCUT2D eigenvalue weighted by molar-refractivity contribution is 7.13. The topological polar surface area (TPSA) is 97.8 Å². The quantitative estimate of drug-likeness (QED) is 0.873. The number of nitrogens with one attached hydrogen (secondary N) is 1. The summed E-state index contributed by atoms with van der Waals surface area (Å²) in [6.45, 7) is 7.17. The summed E-state index contributed by atoms with van der Waals surface area (Å²) < 4.78 is 11.0. The molecule has 1 aliphatic rings. The van der Waals surface area contributed by atoms with E-state index in [0.717, 1.165) is 24.2 Å². The summed E-state index contributed by atoms with van der Waals surface area (Å²) in [7, 11) is 0. The lowest BCUT2D eigenvalue weighted by molar-refractivity contribution is 0.0502.